The van der Waals surface area contributed by atoms with Crippen molar-refractivity contribution in [2.75, 3.05) is 4.90 Å². The first-order valence-corrected chi connectivity index (χ1v) is 21.7. The zero-order chi connectivity index (χ0) is 42.0. The molecule has 63 heavy (non-hydrogen) atoms. The summed E-state index contributed by atoms with van der Waals surface area (Å²) in [5.41, 5.74) is 17.6. The molecule has 1 heteroatoms. The molecule has 0 unspecified atom stereocenters. The summed E-state index contributed by atoms with van der Waals surface area (Å²) in [5, 5.41) is 4.96. The molecule has 0 atom stereocenters. The molecule has 0 N–H and O–H groups in total. The summed E-state index contributed by atoms with van der Waals surface area (Å²) >= 11 is 0. The van der Waals surface area contributed by atoms with Crippen LogP contribution in [-0.2, 0) is 0 Å². The van der Waals surface area contributed by atoms with Crippen LogP contribution in [0.2, 0.25) is 0 Å². The fraction of sp³-hybridized carbons (Fsp3) is 0. The minimum absolute atomic E-state index is 1.08. The summed E-state index contributed by atoms with van der Waals surface area (Å²) < 4.78 is 0. The molecule has 0 aromatic heterocycles. The lowest BCUT2D eigenvalue weighted by atomic mass is 9.84. The third kappa shape index (κ3) is 7.16. The van der Waals surface area contributed by atoms with Gasteiger partial charge in [-0.2, -0.15) is 0 Å². The molecule has 0 spiro atoms. The maximum Gasteiger partial charge on any atom is 0.0540 e. The molecule has 0 fully saturated rings. The number of fused-ring (bicyclic) bond motifs is 3. The van der Waals surface area contributed by atoms with Crippen LogP contribution < -0.4 is 4.90 Å². The van der Waals surface area contributed by atoms with Crippen molar-refractivity contribution in [1.82, 2.24) is 0 Å². The Kier molecular flexibility index (Phi) is 9.97. The molecule has 296 valence electrons. The summed E-state index contributed by atoms with van der Waals surface area (Å²) in [4.78, 5) is 2.43. The van der Waals surface area contributed by atoms with Crippen molar-refractivity contribution in [1.29, 1.82) is 0 Å². The molecular weight excluding hydrogens is 759 g/mol. The van der Waals surface area contributed by atoms with E-state index in [2.05, 4.69) is 266 Å². The first kappa shape index (κ1) is 37.7. The van der Waals surface area contributed by atoms with Gasteiger partial charge in [0.25, 0.3) is 0 Å². The van der Waals surface area contributed by atoms with Gasteiger partial charge in [0.1, 0.15) is 0 Å². The number of hydrogen-bond acceptors (Lipinski definition) is 1. The monoisotopic (exact) mass is 801 g/mol. The minimum Gasteiger partial charge on any atom is -0.310 e. The lowest BCUT2D eigenvalue weighted by Gasteiger charge is -2.29. The molecule has 0 radical (unpaired) electrons. The van der Waals surface area contributed by atoms with Crippen molar-refractivity contribution < 1.29 is 0 Å². The maximum absolute atomic E-state index is 2.43. The zero-order valence-corrected chi connectivity index (χ0v) is 34.8. The highest BCUT2D eigenvalue weighted by Gasteiger charge is 2.22. The molecule has 0 aliphatic carbocycles. The van der Waals surface area contributed by atoms with Gasteiger partial charge in [-0.05, 0) is 119 Å². The van der Waals surface area contributed by atoms with Crippen molar-refractivity contribution in [3.63, 3.8) is 0 Å². The molecule has 0 saturated heterocycles. The van der Waals surface area contributed by atoms with E-state index in [-0.39, 0.29) is 0 Å². The summed E-state index contributed by atoms with van der Waals surface area (Å²) in [6.45, 7) is 0. The van der Waals surface area contributed by atoms with Crippen molar-refractivity contribution in [2.45, 2.75) is 0 Å². The molecular formula is C62H43N. The average molecular weight is 802 g/mol. The van der Waals surface area contributed by atoms with E-state index < -0.39 is 0 Å². The highest BCUT2D eigenvalue weighted by atomic mass is 15.1. The van der Waals surface area contributed by atoms with E-state index in [0.29, 0.717) is 0 Å². The molecule has 0 heterocycles. The van der Waals surface area contributed by atoms with Crippen LogP contribution in [0.5, 0.6) is 0 Å². The van der Waals surface area contributed by atoms with Crippen molar-refractivity contribution in [3.05, 3.63) is 261 Å². The fourth-order valence-corrected chi connectivity index (χ4v) is 9.34. The van der Waals surface area contributed by atoms with Gasteiger partial charge >= 0.3 is 0 Å². The smallest absolute Gasteiger partial charge is 0.0540 e. The van der Waals surface area contributed by atoms with E-state index >= 15 is 0 Å². The molecule has 1 nitrogen and oxygen atoms in total. The maximum atomic E-state index is 2.43. The molecule has 0 aliphatic heterocycles. The second-order valence-corrected chi connectivity index (χ2v) is 16.0. The first-order chi connectivity index (χ1) is 31.3. The van der Waals surface area contributed by atoms with Crippen LogP contribution in [-0.4, -0.2) is 0 Å². The van der Waals surface area contributed by atoms with E-state index in [1.165, 1.54) is 77.2 Å². The van der Waals surface area contributed by atoms with Crippen LogP contribution in [0.1, 0.15) is 0 Å². The number of rotatable bonds is 9. The predicted octanol–water partition coefficient (Wildman–Crippen LogP) is 17.5. The van der Waals surface area contributed by atoms with E-state index in [0.717, 1.165) is 28.2 Å². The van der Waals surface area contributed by atoms with E-state index in [9.17, 15) is 0 Å². The Bertz CT molecular complexity index is 3340. The quantitative estimate of drug-likeness (QED) is 0.131. The third-order valence-corrected chi connectivity index (χ3v) is 12.3. The number of para-hydroxylation sites is 1. The molecule has 0 aliphatic rings. The van der Waals surface area contributed by atoms with Crippen molar-refractivity contribution >= 4 is 38.6 Å². The fourth-order valence-electron chi connectivity index (χ4n) is 9.34. The van der Waals surface area contributed by atoms with Gasteiger partial charge in [-0.25, -0.2) is 0 Å². The molecule has 11 rings (SSSR count). The molecule has 0 saturated carbocycles. The predicted molar refractivity (Wildman–Crippen MR) is 269 cm³/mol. The lowest BCUT2D eigenvalue weighted by Crippen LogP contribution is -2.11. The van der Waals surface area contributed by atoms with Gasteiger partial charge in [-0.1, -0.05) is 224 Å². The number of anilines is 3. The van der Waals surface area contributed by atoms with E-state index in [1.807, 2.05) is 0 Å². The lowest BCUT2D eigenvalue weighted by molar-refractivity contribution is 1.28. The van der Waals surface area contributed by atoms with Gasteiger partial charge in [0.05, 0.1) is 5.69 Å². The van der Waals surface area contributed by atoms with Crippen molar-refractivity contribution in [2.24, 2.45) is 0 Å². The topological polar surface area (TPSA) is 3.24 Å². The van der Waals surface area contributed by atoms with Gasteiger partial charge in [-0.15, -0.1) is 0 Å². The Balaban J connectivity index is 1.16. The van der Waals surface area contributed by atoms with Crippen LogP contribution in [0, 0.1) is 0 Å². The molecule has 11 aromatic rings. The molecule has 0 amide bonds. The molecule has 0 bridgehead atoms. The summed E-state index contributed by atoms with van der Waals surface area (Å²) in [6.07, 6.45) is 0. The Morgan fingerprint density at radius 2 is 0.635 bits per heavy atom. The van der Waals surface area contributed by atoms with Gasteiger partial charge in [0.15, 0.2) is 0 Å². The summed E-state index contributed by atoms with van der Waals surface area (Å²) in [5.74, 6) is 0. The number of benzene rings is 11. The van der Waals surface area contributed by atoms with Crippen LogP contribution in [0.25, 0.3) is 88.3 Å². The van der Waals surface area contributed by atoms with Crippen LogP contribution in [0.15, 0.2) is 261 Å². The SMILES string of the molecule is c1ccc(-c2ccc(N(c3ccc(-c4ccccc4)c(-c4ccccc4)c3)c3ccccc3-c3ccc4c(c3)c(-c3ccccc3)c(-c3ccccc3)c3ccccc34)cc2)cc1. The third-order valence-electron chi connectivity index (χ3n) is 12.3. The largest absolute Gasteiger partial charge is 0.310 e. The zero-order valence-electron chi connectivity index (χ0n) is 34.8. The van der Waals surface area contributed by atoms with Crippen LogP contribution in [0.3, 0.4) is 0 Å². The Morgan fingerprint density at radius 3 is 1.25 bits per heavy atom. The Morgan fingerprint density at radius 1 is 0.206 bits per heavy atom. The van der Waals surface area contributed by atoms with Crippen LogP contribution in [0.4, 0.5) is 17.1 Å². The average Bonchev–Trinajstić information content (AvgIpc) is 3.37. The van der Waals surface area contributed by atoms with E-state index in [4.69, 9.17) is 0 Å². The van der Waals surface area contributed by atoms with Gasteiger partial charge < -0.3 is 4.90 Å². The highest BCUT2D eigenvalue weighted by Crippen LogP contribution is 2.48. The summed E-state index contributed by atoms with van der Waals surface area (Å²) in [7, 11) is 0. The number of nitrogens with zero attached hydrogens (tertiary/aromatic N) is 1. The van der Waals surface area contributed by atoms with Gasteiger partial charge in [0.2, 0.25) is 0 Å². The summed E-state index contributed by atoms with van der Waals surface area (Å²) in [6, 6.07) is 94.7. The van der Waals surface area contributed by atoms with Crippen molar-refractivity contribution in [3.8, 4) is 66.8 Å². The van der Waals surface area contributed by atoms with E-state index in [1.54, 1.807) is 0 Å². The van der Waals surface area contributed by atoms with Gasteiger partial charge in [0, 0.05) is 16.9 Å². The van der Waals surface area contributed by atoms with Crippen LogP contribution >= 0.6 is 0 Å². The number of hydrogen-bond donors (Lipinski definition) is 0. The van der Waals surface area contributed by atoms with Gasteiger partial charge in [-0.3, -0.25) is 0 Å². The highest BCUT2D eigenvalue weighted by molar-refractivity contribution is 6.22. The second-order valence-electron chi connectivity index (χ2n) is 16.0. The standard InChI is InChI=1S/C62H43N/c1-6-20-44(21-7-1)45-34-37-51(38-35-45)63(52-39-41-53(46-22-8-2-9-23-46)58(43-52)47-24-10-3-11-25-47)60-33-19-18-30-54(60)50-36-40-56-55-31-16-17-32-57(55)61(48-26-12-4-13-27-48)62(59(56)42-50)49-28-14-5-15-29-49/h1-43H. The Labute approximate surface area is 369 Å². The Hall–Kier alpha value is -8.26. The second kappa shape index (κ2) is 16.7. The molecule has 11 aromatic carbocycles. The minimum atomic E-state index is 1.08. The normalized spacial score (nSPS) is 11.2. The first-order valence-electron chi connectivity index (χ1n) is 21.7.